The highest BCUT2D eigenvalue weighted by atomic mass is 32.1. The standard InChI is InChI=1S/C33H37BS/c1-19-13-15-22-18-23-9-7-10-25(30(23)24(22)16-14-19)26-11-8-12-27(31(26)33(4,5)6)29-20(2)17-28(34)21(3)32(29)35/h7-12,14,16-17,19,35H,13,15,18,34H2,1-6H3. The van der Waals surface area contributed by atoms with Gasteiger partial charge in [-0.3, -0.25) is 0 Å². The molecule has 0 saturated heterocycles. The van der Waals surface area contributed by atoms with E-state index in [2.05, 4.69) is 104 Å². The summed E-state index contributed by atoms with van der Waals surface area (Å²) in [5, 5.41) is 0. The number of allylic oxidation sites excluding steroid dienone is 4. The summed E-state index contributed by atoms with van der Waals surface area (Å²) in [6.45, 7) is 13.8. The Kier molecular flexibility index (Phi) is 6.16. The van der Waals surface area contributed by atoms with Crippen LogP contribution < -0.4 is 5.46 Å². The van der Waals surface area contributed by atoms with Crippen molar-refractivity contribution in [3.8, 4) is 22.3 Å². The normalized spacial score (nSPS) is 17.4. The minimum Gasteiger partial charge on any atom is -0.143 e. The highest BCUT2D eigenvalue weighted by molar-refractivity contribution is 7.80. The van der Waals surface area contributed by atoms with E-state index in [4.69, 9.17) is 12.6 Å². The minimum atomic E-state index is -0.0241. The predicted molar refractivity (Wildman–Crippen MR) is 159 cm³/mol. The van der Waals surface area contributed by atoms with Gasteiger partial charge in [0.15, 0.2) is 0 Å². The van der Waals surface area contributed by atoms with Crippen LogP contribution in [0.15, 0.2) is 65.1 Å². The third-order valence-electron chi connectivity index (χ3n) is 8.08. The molecule has 0 fully saturated rings. The maximum absolute atomic E-state index is 5.06. The van der Waals surface area contributed by atoms with Gasteiger partial charge in [-0.25, -0.2) is 0 Å². The number of benzene rings is 3. The van der Waals surface area contributed by atoms with Gasteiger partial charge in [-0.15, -0.1) is 12.6 Å². The maximum atomic E-state index is 5.06. The van der Waals surface area contributed by atoms with Gasteiger partial charge in [0.1, 0.15) is 7.85 Å². The van der Waals surface area contributed by atoms with Crippen LogP contribution in [0.2, 0.25) is 0 Å². The summed E-state index contributed by atoms with van der Waals surface area (Å²) >= 11 is 5.06. The fourth-order valence-corrected chi connectivity index (χ4v) is 6.65. The van der Waals surface area contributed by atoms with Gasteiger partial charge in [-0.2, -0.15) is 0 Å². The third-order valence-corrected chi connectivity index (χ3v) is 8.64. The number of hydrogen-bond acceptors (Lipinski definition) is 1. The Morgan fingerprint density at radius 1 is 0.943 bits per heavy atom. The van der Waals surface area contributed by atoms with Gasteiger partial charge in [0.25, 0.3) is 0 Å². The van der Waals surface area contributed by atoms with Gasteiger partial charge in [-0.05, 0) is 100 Å². The quantitative estimate of drug-likeness (QED) is 0.283. The molecule has 3 aromatic carbocycles. The Balaban J connectivity index is 1.81. The smallest absolute Gasteiger partial charge is 0.139 e. The van der Waals surface area contributed by atoms with Gasteiger partial charge in [-0.1, -0.05) is 93.3 Å². The van der Waals surface area contributed by atoms with Crippen molar-refractivity contribution in [3.63, 3.8) is 0 Å². The van der Waals surface area contributed by atoms with Crippen molar-refractivity contribution < 1.29 is 0 Å². The lowest BCUT2D eigenvalue weighted by Crippen LogP contribution is -2.16. The Labute approximate surface area is 218 Å². The molecule has 2 aliphatic rings. The summed E-state index contributed by atoms with van der Waals surface area (Å²) in [6, 6.07) is 16.2. The Hall–Kier alpha value is -2.45. The van der Waals surface area contributed by atoms with Crippen molar-refractivity contribution in [2.75, 3.05) is 0 Å². The van der Waals surface area contributed by atoms with Crippen molar-refractivity contribution in [3.05, 3.63) is 88.0 Å². The Bertz CT molecular complexity index is 1400. The van der Waals surface area contributed by atoms with E-state index in [9.17, 15) is 0 Å². The topological polar surface area (TPSA) is 0 Å². The fraction of sp³-hybridized carbons (Fsp3) is 0.333. The molecule has 35 heavy (non-hydrogen) atoms. The van der Waals surface area contributed by atoms with Crippen LogP contribution in [0.4, 0.5) is 0 Å². The first-order chi connectivity index (χ1) is 16.6. The predicted octanol–water partition coefficient (Wildman–Crippen LogP) is 7.78. The molecule has 2 heteroatoms. The van der Waals surface area contributed by atoms with E-state index in [-0.39, 0.29) is 5.41 Å². The molecule has 0 nitrogen and oxygen atoms in total. The summed E-state index contributed by atoms with van der Waals surface area (Å²) in [6.07, 6.45) is 8.38. The molecule has 0 spiro atoms. The second-order valence-electron chi connectivity index (χ2n) is 11.7. The van der Waals surface area contributed by atoms with E-state index in [0.29, 0.717) is 5.92 Å². The molecule has 1 atom stereocenters. The lowest BCUT2D eigenvalue weighted by atomic mass is 9.75. The first kappa shape index (κ1) is 24.3. The zero-order chi connectivity index (χ0) is 25.1. The van der Waals surface area contributed by atoms with E-state index < -0.39 is 0 Å². The van der Waals surface area contributed by atoms with Gasteiger partial charge in [0.2, 0.25) is 0 Å². The molecule has 1 unspecified atom stereocenters. The van der Waals surface area contributed by atoms with Gasteiger partial charge in [0.05, 0.1) is 0 Å². The van der Waals surface area contributed by atoms with Crippen LogP contribution in [0.25, 0.3) is 27.8 Å². The van der Waals surface area contributed by atoms with Crippen molar-refractivity contribution in [2.24, 2.45) is 5.92 Å². The monoisotopic (exact) mass is 476 g/mol. The average Bonchev–Trinajstić information content (AvgIpc) is 3.06. The first-order valence-corrected chi connectivity index (χ1v) is 13.5. The van der Waals surface area contributed by atoms with Gasteiger partial charge in [0, 0.05) is 4.90 Å². The van der Waals surface area contributed by atoms with E-state index in [1.54, 1.807) is 5.57 Å². The lowest BCUT2D eigenvalue weighted by Gasteiger charge is -2.29. The molecule has 2 aliphatic carbocycles. The molecule has 0 aromatic heterocycles. The highest BCUT2D eigenvalue weighted by Crippen LogP contribution is 2.48. The van der Waals surface area contributed by atoms with Gasteiger partial charge >= 0.3 is 0 Å². The molecule has 3 aromatic rings. The summed E-state index contributed by atoms with van der Waals surface area (Å²) in [7, 11) is 2.19. The first-order valence-electron chi connectivity index (χ1n) is 13.0. The molecule has 0 N–H and O–H groups in total. The van der Waals surface area contributed by atoms with E-state index >= 15 is 0 Å². The fourth-order valence-electron chi connectivity index (χ4n) is 6.17. The van der Waals surface area contributed by atoms with Crippen LogP contribution in [-0.4, -0.2) is 7.85 Å². The largest absolute Gasteiger partial charge is 0.143 e. The van der Waals surface area contributed by atoms with Crippen molar-refractivity contribution >= 4 is 31.5 Å². The number of aryl methyl sites for hydroxylation is 1. The van der Waals surface area contributed by atoms with Crippen LogP contribution in [-0.2, 0) is 11.8 Å². The van der Waals surface area contributed by atoms with E-state index in [1.165, 1.54) is 73.9 Å². The molecule has 0 heterocycles. The number of thiol groups is 1. The van der Waals surface area contributed by atoms with E-state index in [1.807, 2.05) is 0 Å². The molecule has 0 aliphatic heterocycles. The summed E-state index contributed by atoms with van der Waals surface area (Å²) < 4.78 is 0. The third kappa shape index (κ3) is 4.14. The molecule has 0 bridgehead atoms. The van der Waals surface area contributed by atoms with Crippen LogP contribution >= 0.6 is 12.6 Å². The number of fused-ring (bicyclic) bond motifs is 2. The lowest BCUT2D eigenvalue weighted by molar-refractivity contribution is 0.593. The van der Waals surface area contributed by atoms with Crippen molar-refractivity contribution in [1.82, 2.24) is 0 Å². The van der Waals surface area contributed by atoms with Gasteiger partial charge < -0.3 is 0 Å². The molecular weight excluding hydrogens is 439 g/mol. The highest BCUT2D eigenvalue weighted by Gasteiger charge is 2.29. The van der Waals surface area contributed by atoms with Crippen molar-refractivity contribution in [2.45, 2.75) is 71.1 Å². The Morgan fingerprint density at radius 3 is 2.37 bits per heavy atom. The van der Waals surface area contributed by atoms with Crippen LogP contribution in [0.1, 0.15) is 68.4 Å². The maximum Gasteiger partial charge on any atom is 0.139 e. The van der Waals surface area contributed by atoms with Crippen LogP contribution in [0, 0.1) is 19.8 Å². The Morgan fingerprint density at radius 2 is 1.63 bits per heavy atom. The SMILES string of the molecule is Bc1cc(C)c(-c2cccc(-c3cccc4c3C3=C(CCC(C)C=C3)C4)c2C(C)(C)C)c(S)c1C. The number of rotatable bonds is 2. The second-order valence-corrected chi connectivity index (χ2v) is 12.2. The second kappa shape index (κ2) is 8.89. The molecule has 178 valence electrons. The van der Waals surface area contributed by atoms with E-state index in [0.717, 1.165) is 11.3 Å². The number of hydrogen-bond donors (Lipinski definition) is 1. The molecule has 0 radical (unpaired) electrons. The zero-order valence-electron chi connectivity index (χ0n) is 22.3. The molecule has 5 rings (SSSR count). The summed E-state index contributed by atoms with van der Waals surface area (Å²) in [5.41, 5.74) is 16.6. The van der Waals surface area contributed by atoms with Crippen molar-refractivity contribution in [1.29, 1.82) is 0 Å². The molecular formula is C33H37BS. The average molecular weight is 477 g/mol. The summed E-state index contributed by atoms with van der Waals surface area (Å²) in [4.78, 5) is 1.11. The van der Waals surface area contributed by atoms with Crippen LogP contribution in [0.3, 0.4) is 0 Å². The zero-order valence-corrected chi connectivity index (χ0v) is 23.2. The van der Waals surface area contributed by atoms with Crippen LogP contribution in [0.5, 0.6) is 0 Å². The molecule has 0 saturated carbocycles. The molecule has 0 amide bonds. The summed E-state index contributed by atoms with van der Waals surface area (Å²) in [5.74, 6) is 0.645. The minimum absolute atomic E-state index is 0.0241.